The predicted octanol–water partition coefficient (Wildman–Crippen LogP) is 4.73. The summed E-state index contributed by atoms with van der Waals surface area (Å²) in [4.78, 5) is 1.28. The lowest BCUT2D eigenvalue weighted by Crippen LogP contribution is -2.18. The highest BCUT2D eigenvalue weighted by molar-refractivity contribution is 9.13. The fraction of sp³-hybridized carbons (Fsp3) is 0.417. The summed E-state index contributed by atoms with van der Waals surface area (Å²) in [5.74, 6) is 0.890. The van der Waals surface area contributed by atoms with Gasteiger partial charge in [-0.25, -0.2) is 0 Å². The van der Waals surface area contributed by atoms with Crippen LogP contribution in [0.2, 0.25) is 0 Å². The van der Waals surface area contributed by atoms with Crippen molar-refractivity contribution in [1.29, 1.82) is 0 Å². The molecule has 0 saturated carbocycles. The van der Waals surface area contributed by atoms with Crippen molar-refractivity contribution in [2.75, 3.05) is 0 Å². The number of halogens is 2. The van der Waals surface area contributed by atoms with Gasteiger partial charge in [0, 0.05) is 27.5 Å². The summed E-state index contributed by atoms with van der Waals surface area (Å²) in [5, 5.41) is 7.48. The van der Waals surface area contributed by atoms with Crippen LogP contribution in [0.5, 0.6) is 0 Å². The lowest BCUT2D eigenvalue weighted by atomic mass is 10.1. The third kappa shape index (κ3) is 3.04. The Morgan fingerprint density at radius 2 is 2.17 bits per heavy atom. The maximum absolute atomic E-state index is 5.19. The first-order valence-corrected chi connectivity index (χ1v) is 7.99. The van der Waals surface area contributed by atoms with Gasteiger partial charge in [0.15, 0.2) is 0 Å². The zero-order valence-corrected chi connectivity index (χ0v) is 14.4. The third-order valence-electron chi connectivity index (χ3n) is 2.80. The van der Waals surface area contributed by atoms with Gasteiger partial charge in [0.1, 0.15) is 5.76 Å². The molecule has 6 heteroatoms. The molecule has 2 aromatic heterocycles. The molecule has 0 aromatic carbocycles. The summed E-state index contributed by atoms with van der Waals surface area (Å²) in [7, 11) is 0. The van der Waals surface area contributed by atoms with Crippen LogP contribution in [0.25, 0.3) is 0 Å². The molecular formula is C12H14Br2N2OS. The summed E-state index contributed by atoms with van der Waals surface area (Å²) in [6.07, 6.45) is 0. The van der Waals surface area contributed by atoms with Gasteiger partial charge >= 0.3 is 0 Å². The number of hydrogen-bond donors (Lipinski definition) is 1. The molecule has 18 heavy (non-hydrogen) atoms. The molecule has 0 bridgehead atoms. The van der Waals surface area contributed by atoms with E-state index in [2.05, 4.69) is 55.3 Å². The number of nitrogens with one attached hydrogen (secondary N) is 1. The van der Waals surface area contributed by atoms with E-state index in [4.69, 9.17) is 4.52 Å². The average Bonchev–Trinajstić information content (AvgIpc) is 2.80. The van der Waals surface area contributed by atoms with Gasteiger partial charge in [0.2, 0.25) is 0 Å². The summed E-state index contributed by atoms with van der Waals surface area (Å²) in [6.45, 7) is 6.89. The van der Waals surface area contributed by atoms with Gasteiger partial charge in [0.05, 0.1) is 9.48 Å². The van der Waals surface area contributed by atoms with Crippen LogP contribution in [0.4, 0.5) is 0 Å². The topological polar surface area (TPSA) is 38.1 Å². The lowest BCUT2D eigenvalue weighted by molar-refractivity contribution is 0.390. The van der Waals surface area contributed by atoms with Crippen molar-refractivity contribution in [1.82, 2.24) is 10.5 Å². The maximum Gasteiger partial charge on any atom is 0.138 e. The number of aromatic nitrogens is 1. The second-order valence-corrected chi connectivity index (χ2v) is 7.48. The molecule has 0 aliphatic rings. The molecule has 3 nitrogen and oxygen atoms in total. The molecule has 0 saturated heterocycles. The number of thiophene rings is 1. The van der Waals surface area contributed by atoms with Crippen LogP contribution in [0.1, 0.15) is 34.9 Å². The molecule has 98 valence electrons. The molecule has 2 rings (SSSR count). The molecule has 1 N–H and O–H groups in total. The smallest absolute Gasteiger partial charge is 0.138 e. The number of nitrogens with zero attached hydrogens (tertiary/aromatic N) is 1. The first-order chi connectivity index (χ1) is 8.49. The SMILES string of the molecule is Cc1noc(C)c1C(C)NCc1cc(Br)c(Br)s1. The molecule has 2 heterocycles. The van der Waals surface area contributed by atoms with Gasteiger partial charge in [-0.1, -0.05) is 5.16 Å². The maximum atomic E-state index is 5.19. The number of hydrogen-bond acceptors (Lipinski definition) is 4. The summed E-state index contributed by atoms with van der Waals surface area (Å²) in [5.41, 5.74) is 2.12. The second-order valence-electron chi connectivity index (χ2n) is 4.17. The van der Waals surface area contributed by atoms with Crippen molar-refractivity contribution >= 4 is 43.2 Å². The van der Waals surface area contributed by atoms with Crippen LogP contribution in [-0.4, -0.2) is 5.16 Å². The molecule has 1 unspecified atom stereocenters. The highest BCUT2D eigenvalue weighted by Crippen LogP contribution is 2.32. The van der Waals surface area contributed by atoms with E-state index >= 15 is 0 Å². The van der Waals surface area contributed by atoms with Crippen LogP contribution in [0.15, 0.2) is 18.8 Å². The van der Waals surface area contributed by atoms with Gasteiger partial charge in [-0.05, 0) is 58.7 Å². The quantitative estimate of drug-likeness (QED) is 0.815. The molecule has 0 amide bonds. The van der Waals surface area contributed by atoms with Crippen molar-refractivity contribution in [2.24, 2.45) is 0 Å². The van der Waals surface area contributed by atoms with Gasteiger partial charge in [-0.15, -0.1) is 11.3 Å². The van der Waals surface area contributed by atoms with Crippen molar-refractivity contribution in [3.05, 3.63) is 36.2 Å². The number of aryl methyl sites for hydroxylation is 2. The van der Waals surface area contributed by atoms with E-state index < -0.39 is 0 Å². The standard InChI is InChI=1S/C12H14Br2N2OS/c1-6(11-7(2)16-17-8(11)3)15-5-9-4-10(13)12(14)18-9/h4,6,15H,5H2,1-3H3. The molecule has 0 aliphatic carbocycles. The van der Waals surface area contributed by atoms with Gasteiger partial charge in [-0.2, -0.15) is 0 Å². The Balaban J connectivity index is 2.02. The Morgan fingerprint density at radius 3 is 2.67 bits per heavy atom. The van der Waals surface area contributed by atoms with E-state index in [0.29, 0.717) is 0 Å². The minimum atomic E-state index is 0.232. The molecule has 0 spiro atoms. The zero-order chi connectivity index (χ0) is 13.3. The van der Waals surface area contributed by atoms with Crippen LogP contribution >= 0.6 is 43.2 Å². The van der Waals surface area contributed by atoms with E-state index in [9.17, 15) is 0 Å². The minimum Gasteiger partial charge on any atom is -0.361 e. The summed E-state index contributed by atoms with van der Waals surface area (Å²) >= 11 is 8.73. The number of rotatable bonds is 4. The largest absolute Gasteiger partial charge is 0.361 e. The molecule has 0 radical (unpaired) electrons. The van der Waals surface area contributed by atoms with Gasteiger partial charge < -0.3 is 9.84 Å². The summed E-state index contributed by atoms with van der Waals surface area (Å²) < 4.78 is 7.42. The first-order valence-electron chi connectivity index (χ1n) is 5.59. The Kier molecular flexibility index (Phi) is 4.64. The molecule has 0 fully saturated rings. The Hall–Kier alpha value is -0.170. The van der Waals surface area contributed by atoms with Crippen molar-refractivity contribution in [3.63, 3.8) is 0 Å². The average molecular weight is 394 g/mol. The normalized spacial score (nSPS) is 12.9. The zero-order valence-electron chi connectivity index (χ0n) is 10.4. The van der Waals surface area contributed by atoms with E-state index in [1.165, 1.54) is 4.88 Å². The molecule has 0 aliphatic heterocycles. The monoisotopic (exact) mass is 392 g/mol. The van der Waals surface area contributed by atoms with Crippen LogP contribution < -0.4 is 5.32 Å². The van der Waals surface area contributed by atoms with Gasteiger partial charge in [0.25, 0.3) is 0 Å². The molecule has 1 atom stereocenters. The highest BCUT2D eigenvalue weighted by atomic mass is 79.9. The minimum absolute atomic E-state index is 0.232. The van der Waals surface area contributed by atoms with Crippen LogP contribution in [-0.2, 0) is 6.54 Å². The Labute approximate surface area is 127 Å². The fourth-order valence-electron chi connectivity index (χ4n) is 1.94. The molecular weight excluding hydrogens is 380 g/mol. The highest BCUT2D eigenvalue weighted by Gasteiger charge is 2.16. The van der Waals surface area contributed by atoms with Crippen LogP contribution in [0.3, 0.4) is 0 Å². The van der Waals surface area contributed by atoms with E-state index in [0.717, 1.165) is 31.8 Å². The Bertz CT molecular complexity index is 511. The van der Waals surface area contributed by atoms with E-state index in [1.807, 2.05) is 13.8 Å². The van der Waals surface area contributed by atoms with Crippen molar-refractivity contribution < 1.29 is 4.52 Å². The lowest BCUT2D eigenvalue weighted by Gasteiger charge is -2.12. The van der Waals surface area contributed by atoms with E-state index in [1.54, 1.807) is 11.3 Å². The Morgan fingerprint density at radius 1 is 1.44 bits per heavy atom. The van der Waals surface area contributed by atoms with E-state index in [-0.39, 0.29) is 6.04 Å². The fourth-order valence-corrected chi connectivity index (χ4v) is 4.07. The first kappa shape index (κ1) is 14.2. The summed E-state index contributed by atoms with van der Waals surface area (Å²) in [6, 6.07) is 2.36. The predicted molar refractivity (Wildman–Crippen MR) is 81.0 cm³/mol. The molecule has 2 aromatic rings. The third-order valence-corrected chi connectivity index (χ3v) is 6.06. The van der Waals surface area contributed by atoms with Crippen molar-refractivity contribution in [2.45, 2.75) is 33.4 Å². The van der Waals surface area contributed by atoms with Crippen LogP contribution in [0, 0.1) is 13.8 Å². The van der Waals surface area contributed by atoms with Gasteiger partial charge in [-0.3, -0.25) is 0 Å². The second kappa shape index (κ2) is 5.86. The van der Waals surface area contributed by atoms with Crippen molar-refractivity contribution in [3.8, 4) is 0 Å².